The maximum absolute atomic E-state index is 5.49. The zero-order chi connectivity index (χ0) is 8.27. The Morgan fingerprint density at radius 2 is 2.09 bits per heavy atom. The number of rotatable bonds is 2. The van der Waals surface area contributed by atoms with E-state index in [0.717, 1.165) is 11.3 Å². The van der Waals surface area contributed by atoms with Gasteiger partial charge in [0.1, 0.15) is 0 Å². The minimum Gasteiger partial charge on any atom is -0.388 e. The molecule has 0 radical (unpaired) electrons. The van der Waals surface area contributed by atoms with E-state index in [4.69, 9.17) is 11.5 Å². The van der Waals surface area contributed by atoms with E-state index in [2.05, 4.69) is 5.32 Å². The highest BCUT2D eigenvalue weighted by Gasteiger charge is 1.98. The second kappa shape index (κ2) is 3.37. The van der Waals surface area contributed by atoms with E-state index in [9.17, 15) is 0 Å². The summed E-state index contributed by atoms with van der Waals surface area (Å²) in [6.07, 6.45) is -0.386. The molecule has 0 saturated heterocycles. The van der Waals surface area contributed by atoms with Crippen LogP contribution in [0.2, 0.25) is 0 Å². The molecule has 11 heavy (non-hydrogen) atoms. The van der Waals surface area contributed by atoms with E-state index in [0.29, 0.717) is 0 Å². The van der Waals surface area contributed by atoms with Gasteiger partial charge in [0.15, 0.2) is 0 Å². The van der Waals surface area contributed by atoms with Crippen molar-refractivity contribution in [2.75, 3.05) is 12.4 Å². The van der Waals surface area contributed by atoms with Crippen LogP contribution in [-0.2, 0) is 0 Å². The molecule has 0 heterocycles. The van der Waals surface area contributed by atoms with Crippen molar-refractivity contribution < 1.29 is 0 Å². The topological polar surface area (TPSA) is 64.1 Å². The standard InChI is InChI=1S/C8H13N3/c1-11-7-4-2-3-6(5-7)8(9)10/h2-5,8,11H,9-10H2,1H3. The smallest absolute Gasteiger partial charge is 0.0785 e. The van der Waals surface area contributed by atoms with E-state index in [1.165, 1.54) is 0 Å². The van der Waals surface area contributed by atoms with E-state index >= 15 is 0 Å². The lowest BCUT2D eigenvalue weighted by molar-refractivity contribution is 0.774. The summed E-state index contributed by atoms with van der Waals surface area (Å²) in [6, 6.07) is 7.73. The third-order valence-electron chi connectivity index (χ3n) is 1.56. The molecule has 0 atom stereocenters. The van der Waals surface area contributed by atoms with Crippen LogP contribution in [0.3, 0.4) is 0 Å². The van der Waals surface area contributed by atoms with Crippen LogP contribution in [0.25, 0.3) is 0 Å². The van der Waals surface area contributed by atoms with Crippen molar-refractivity contribution in [2.24, 2.45) is 11.5 Å². The van der Waals surface area contributed by atoms with Gasteiger partial charge in [-0.3, -0.25) is 0 Å². The van der Waals surface area contributed by atoms with Gasteiger partial charge >= 0.3 is 0 Å². The van der Waals surface area contributed by atoms with E-state index in [1.54, 1.807) is 0 Å². The van der Waals surface area contributed by atoms with Gasteiger partial charge in [-0.05, 0) is 17.7 Å². The Balaban J connectivity index is 2.91. The van der Waals surface area contributed by atoms with Crippen molar-refractivity contribution in [1.29, 1.82) is 0 Å². The van der Waals surface area contributed by atoms with Gasteiger partial charge in [0.05, 0.1) is 6.17 Å². The number of nitrogens with two attached hydrogens (primary N) is 2. The first kappa shape index (κ1) is 8.04. The fourth-order valence-corrected chi connectivity index (χ4v) is 0.902. The molecule has 0 aliphatic heterocycles. The van der Waals surface area contributed by atoms with E-state index in [-0.39, 0.29) is 6.17 Å². The van der Waals surface area contributed by atoms with Gasteiger partial charge in [0.25, 0.3) is 0 Å². The van der Waals surface area contributed by atoms with Crippen molar-refractivity contribution in [1.82, 2.24) is 0 Å². The van der Waals surface area contributed by atoms with E-state index in [1.807, 2.05) is 31.3 Å². The van der Waals surface area contributed by atoms with E-state index < -0.39 is 0 Å². The molecular weight excluding hydrogens is 138 g/mol. The predicted octanol–water partition coefficient (Wildman–Crippen LogP) is 0.644. The molecule has 0 bridgehead atoms. The number of hydrogen-bond acceptors (Lipinski definition) is 3. The first-order valence-corrected chi connectivity index (χ1v) is 3.53. The molecule has 3 heteroatoms. The average molecular weight is 151 g/mol. The highest BCUT2D eigenvalue weighted by molar-refractivity contribution is 5.45. The summed E-state index contributed by atoms with van der Waals surface area (Å²) in [5.41, 5.74) is 12.9. The highest BCUT2D eigenvalue weighted by Crippen LogP contribution is 2.11. The Hall–Kier alpha value is -1.06. The Kier molecular flexibility index (Phi) is 2.46. The van der Waals surface area contributed by atoms with Crippen LogP contribution in [0, 0.1) is 0 Å². The van der Waals surface area contributed by atoms with Crippen molar-refractivity contribution in [3.05, 3.63) is 29.8 Å². The summed E-state index contributed by atoms with van der Waals surface area (Å²) in [5.74, 6) is 0. The van der Waals surface area contributed by atoms with Gasteiger partial charge in [0.2, 0.25) is 0 Å². The first-order chi connectivity index (χ1) is 5.24. The highest BCUT2D eigenvalue weighted by atomic mass is 14.9. The molecule has 5 N–H and O–H groups in total. The Bertz CT molecular complexity index is 233. The Morgan fingerprint density at radius 1 is 1.36 bits per heavy atom. The van der Waals surface area contributed by atoms with Crippen LogP contribution in [0.1, 0.15) is 11.7 Å². The van der Waals surface area contributed by atoms with Gasteiger partial charge < -0.3 is 16.8 Å². The molecule has 3 nitrogen and oxygen atoms in total. The first-order valence-electron chi connectivity index (χ1n) is 3.53. The van der Waals surface area contributed by atoms with Crippen molar-refractivity contribution >= 4 is 5.69 Å². The lowest BCUT2D eigenvalue weighted by atomic mass is 10.1. The molecular formula is C8H13N3. The summed E-state index contributed by atoms with van der Waals surface area (Å²) in [5, 5.41) is 3.01. The molecule has 0 aliphatic rings. The van der Waals surface area contributed by atoms with Gasteiger partial charge in [-0.25, -0.2) is 0 Å². The third-order valence-corrected chi connectivity index (χ3v) is 1.56. The fourth-order valence-electron chi connectivity index (χ4n) is 0.902. The molecule has 0 amide bonds. The zero-order valence-corrected chi connectivity index (χ0v) is 6.54. The summed E-state index contributed by atoms with van der Waals surface area (Å²) in [7, 11) is 1.86. The summed E-state index contributed by atoms with van der Waals surface area (Å²) >= 11 is 0. The monoisotopic (exact) mass is 151 g/mol. The maximum atomic E-state index is 5.49. The summed E-state index contributed by atoms with van der Waals surface area (Å²) in [4.78, 5) is 0. The zero-order valence-electron chi connectivity index (χ0n) is 6.54. The largest absolute Gasteiger partial charge is 0.388 e. The van der Waals surface area contributed by atoms with Crippen LogP contribution in [-0.4, -0.2) is 7.05 Å². The molecule has 0 fully saturated rings. The quantitative estimate of drug-likeness (QED) is 0.544. The van der Waals surface area contributed by atoms with Crippen LogP contribution < -0.4 is 16.8 Å². The number of benzene rings is 1. The SMILES string of the molecule is CNc1cccc(C(N)N)c1. The molecule has 0 spiro atoms. The van der Waals surface area contributed by atoms with Gasteiger partial charge in [-0.15, -0.1) is 0 Å². The molecule has 1 rings (SSSR count). The third kappa shape index (κ3) is 1.93. The molecule has 0 unspecified atom stereocenters. The fraction of sp³-hybridized carbons (Fsp3) is 0.250. The second-order valence-corrected chi connectivity index (χ2v) is 2.40. The van der Waals surface area contributed by atoms with Crippen LogP contribution in [0.4, 0.5) is 5.69 Å². The van der Waals surface area contributed by atoms with Crippen LogP contribution in [0.15, 0.2) is 24.3 Å². The molecule has 0 saturated carbocycles. The van der Waals surface area contributed by atoms with Crippen LogP contribution >= 0.6 is 0 Å². The van der Waals surface area contributed by atoms with Crippen molar-refractivity contribution in [2.45, 2.75) is 6.17 Å². The summed E-state index contributed by atoms with van der Waals surface area (Å²) < 4.78 is 0. The Morgan fingerprint density at radius 3 is 2.64 bits per heavy atom. The molecule has 0 aromatic heterocycles. The molecule has 0 aliphatic carbocycles. The van der Waals surface area contributed by atoms with Crippen molar-refractivity contribution in [3.8, 4) is 0 Å². The van der Waals surface area contributed by atoms with Gasteiger partial charge in [-0.1, -0.05) is 12.1 Å². The molecule has 60 valence electrons. The minimum atomic E-state index is -0.386. The number of nitrogens with one attached hydrogen (secondary N) is 1. The van der Waals surface area contributed by atoms with Crippen LogP contribution in [0.5, 0.6) is 0 Å². The second-order valence-electron chi connectivity index (χ2n) is 2.40. The minimum absolute atomic E-state index is 0.386. The Labute approximate surface area is 66.4 Å². The van der Waals surface area contributed by atoms with Gasteiger partial charge in [-0.2, -0.15) is 0 Å². The lowest BCUT2D eigenvalue weighted by Gasteiger charge is -2.07. The average Bonchev–Trinajstić information content (AvgIpc) is 2.05. The normalized spacial score (nSPS) is 10.2. The number of hydrogen-bond donors (Lipinski definition) is 3. The summed E-state index contributed by atoms with van der Waals surface area (Å²) in [6.45, 7) is 0. The predicted molar refractivity (Wildman–Crippen MR) is 47.1 cm³/mol. The number of anilines is 1. The lowest BCUT2D eigenvalue weighted by Crippen LogP contribution is -2.19. The maximum Gasteiger partial charge on any atom is 0.0785 e. The van der Waals surface area contributed by atoms with Crippen molar-refractivity contribution in [3.63, 3.8) is 0 Å². The molecule has 1 aromatic carbocycles. The molecule has 1 aromatic rings. The van der Waals surface area contributed by atoms with Gasteiger partial charge in [0, 0.05) is 12.7 Å².